The van der Waals surface area contributed by atoms with Gasteiger partial charge in [-0.15, -0.1) is 0 Å². The number of anilines is 1. The van der Waals surface area contributed by atoms with E-state index in [0.29, 0.717) is 18.0 Å². The van der Waals surface area contributed by atoms with Gasteiger partial charge in [-0.05, 0) is 67.9 Å². The van der Waals surface area contributed by atoms with E-state index >= 15 is 0 Å². The molecule has 1 saturated carbocycles. The Bertz CT molecular complexity index is 1120. The first kappa shape index (κ1) is 22.3. The number of aliphatic hydroxyl groups is 1. The molecule has 1 aliphatic rings. The van der Waals surface area contributed by atoms with Gasteiger partial charge in [-0.3, -0.25) is 14.5 Å². The number of carbonyl (C=O) groups is 1. The fourth-order valence-electron chi connectivity index (χ4n) is 4.41. The van der Waals surface area contributed by atoms with E-state index in [2.05, 4.69) is 15.4 Å². The van der Waals surface area contributed by atoms with Crippen LogP contribution in [0.15, 0.2) is 36.7 Å². The number of nitrogens with zero attached hydrogens (tertiary/aromatic N) is 3. The third kappa shape index (κ3) is 4.34. The zero-order valence-electron chi connectivity index (χ0n) is 17.7. The van der Waals surface area contributed by atoms with Crippen molar-refractivity contribution >= 4 is 22.5 Å². The lowest BCUT2D eigenvalue weighted by Gasteiger charge is -2.28. The van der Waals surface area contributed by atoms with Gasteiger partial charge in [-0.1, -0.05) is 6.92 Å². The Kier molecular flexibility index (Phi) is 6.19. The molecule has 170 valence electrons. The number of carbonyl (C=O) groups excluding carboxylic acids is 1. The third-order valence-corrected chi connectivity index (χ3v) is 6.20. The maximum Gasteiger partial charge on any atom is 0.418 e. The quantitative estimate of drug-likeness (QED) is 0.579. The minimum Gasteiger partial charge on any atom is -0.396 e. The summed E-state index contributed by atoms with van der Waals surface area (Å²) in [6, 6.07) is 5.94. The van der Waals surface area contributed by atoms with E-state index in [9.17, 15) is 23.1 Å². The highest BCUT2D eigenvalue weighted by molar-refractivity contribution is 6.05. The van der Waals surface area contributed by atoms with Crippen molar-refractivity contribution in [1.82, 2.24) is 14.8 Å². The summed E-state index contributed by atoms with van der Waals surface area (Å²) >= 11 is 0. The number of aromatic nitrogens is 3. The SMILES string of the molecule is CCc1cc2c(cnn2C2CCC(CO)CC2)cc1NC(=O)c1ncccc1C(F)(F)F. The number of hydrogen-bond donors (Lipinski definition) is 2. The van der Waals surface area contributed by atoms with Crippen molar-refractivity contribution in [2.24, 2.45) is 5.92 Å². The zero-order chi connectivity index (χ0) is 22.9. The van der Waals surface area contributed by atoms with Gasteiger partial charge in [-0.2, -0.15) is 18.3 Å². The Hall–Kier alpha value is -2.94. The van der Waals surface area contributed by atoms with Gasteiger partial charge in [0, 0.05) is 23.9 Å². The molecule has 1 aromatic carbocycles. The van der Waals surface area contributed by atoms with Crippen LogP contribution in [0.3, 0.4) is 0 Å². The number of aryl methyl sites for hydroxylation is 1. The fourth-order valence-corrected chi connectivity index (χ4v) is 4.41. The number of benzene rings is 1. The van der Waals surface area contributed by atoms with Crippen LogP contribution in [0.25, 0.3) is 10.9 Å². The summed E-state index contributed by atoms with van der Waals surface area (Å²) in [4.78, 5) is 16.4. The van der Waals surface area contributed by atoms with Crippen molar-refractivity contribution in [3.63, 3.8) is 0 Å². The van der Waals surface area contributed by atoms with Crippen LogP contribution in [-0.2, 0) is 12.6 Å². The van der Waals surface area contributed by atoms with Crippen molar-refractivity contribution in [1.29, 1.82) is 0 Å². The number of pyridine rings is 1. The number of amides is 1. The highest BCUT2D eigenvalue weighted by Gasteiger charge is 2.36. The van der Waals surface area contributed by atoms with E-state index in [1.165, 1.54) is 6.20 Å². The molecule has 0 aliphatic heterocycles. The van der Waals surface area contributed by atoms with Crippen LogP contribution >= 0.6 is 0 Å². The lowest BCUT2D eigenvalue weighted by atomic mass is 9.86. The van der Waals surface area contributed by atoms with E-state index in [1.807, 2.05) is 17.7 Å². The van der Waals surface area contributed by atoms with Gasteiger partial charge < -0.3 is 10.4 Å². The Labute approximate surface area is 183 Å². The summed E-state index contributed by atoms with van der Waals surface area (Å²) < 4.78 is 41.8. The Morgan fingerprint density at radius 2 is 2.00 bits per heavy atom. The number of fused-ring (bicyclic) bond motifs is 1. The van der Waals surface area contributed by atoms with Crippen molar-refractivity contribution in [2.75, 3.05) is 11.9 Å². The standard InChI is InChI=1S/C23H25F3N4O2/c1-2-15-11-20-16(12-28-30(20)17-7-5-14(13-31)6-8-17)10-19(15)29-22(32)21-18(23(24,25)26)4-3-9-27-21/h3-4,9-12,14,17,31H,2,5-8,13H2,1H3,(H,29,32). The van der Waals surface area contributed by atoms with E-state index < -0.39 is 23.3 Å². The van der Waals surface area contributed by atoms with Crippen LogP contribution in [0, 0.1) is 5.92 Å². The molecule has 1 fully saturated rings. The van der Waals surface area contributed by atoms with E-state index in [1.54, 1.807) is 12.3 Å². The summed E-state index contributed by atoms with van der Waals surface area (Å²) in [5.74, 6) is -0.559. The molecule has 0 unspecified atom stereocenters. The number of rotatable bonds is 5. The van der Waals surface area contributed by atoms with Crippen molar-refractivity contribution in [3.05, 3.63) is 53.5 Å². The van der Waals surface area contributed by atoms with E-state index in [-0.39, 0.29) is 12.6 Å². The van der Waals surface area contributed by atoms with Gasteiger partial charge in [-0.25, -0.2) is 0 Å². The minimum absolute atomic E-state index is 0.210. The van der Waals surface area contributed by atoms with E-state index in [4.69, 9.17) is 0 Å². The lowest BCUT2D eigenvalue weighted by molar-refractivity contribution is -0.138. The summed E-state index contributed by atoms with van der Waals surface area (Å²) in [7, 11) is 0. The molecular weight excluding hydrogens is 421 g/mol. The average molecular weight is 446 g/mol. The number of halogens is 3. The van der Waals surface area contributed by atoms with Crippen LogP contribution in [0.4, 0.5) is 18.9 Å². The largest absolute Gasteiger partial charge is 0.418 e. The monoisotopic (exact) mass is 446 g/mol. The number of nitrogens with one attached hydrogen (secondary N) is 1. The van der Waals surface area contributed by atoms with Gasteiger partial charge in [0.2, 0.25) is 0 Å². The third-order valence-electron chi connectivity index (χ3n) is 6.20. The molecule has 1 aliphatic carbocycles. The molecule has 0 bridgehead atoms. The molecule has 4 rings (SSSR count). The topological polar surface area (TPSA) is 80.0 Å². The maximum atomic E-state index is 13.3. The summed E-state index contributed by atoms with van der Waals surface area (Å²) in [6.07, 6.45) is 2.56. The first-order chi connectivity index (χ1) is 15.3. The zero-order valence-corrected chi connectivity index (χ0v) is 17.7. The molecule has 2 aromatic heterocycles. The second kappa shape index (κ2) is 8.90. The Morgan fingerprint density at radius 1 is 1.25 bits per heavy atom. The Balaban J connectivity index is 1.63. The number of alkyl halides is 3. The molecular formula is C23H25F3N4O2. The first-order valence-corrected chi connectivity index (χ1v) is 10.8. The Morgan fingerprint density at radius 3 is 2.66 bits per heavy atom. The number of aliphatic hydroxyl groups excluding tert-OH is 1. The van der Waals surface area contributed by atoms with Crippen LogP contribution in [0.2, 0.25) is 0 Å². The smallest absolute Gasteiger partial charge is 0.396 e. The van der Waals surface area contributed by atoms with Gasteiger partial charge in [0.25, 0.3) is 5.91 Å². The van der Waals surface area contributed by atoms with E-state index in [0.717, 1.165) is 54.3 Å². The average Bonchev–Trinajstić information content (AvgIpc) is 3.20. The molecule has 0 radical (unpaired) electrons. The lowest BCUT2D eigenvalue weighted by Crippen LogP contribution is -2.21. The predicted molar refractivity (Wildman–Crippen MR) is 114 cm³/mol. The van der Waals surface area contributed by atoms with Crippen molar-refractivity contribution in [2.45, 2.75) is 51.2 Å². The molecule has 0 spiro atoms. The first-order valence-electron chi connectivity index (χ1n) is 10.8. The molecule has 1 amide bonds. The van der Waals surface area contributed by atoms with Crippen molar-refractivity contribution in [3.8, 4) is 0 Å². The predicted octanol–water partition coefficient (Wildman–Crippen LogP) is 4.99. The summed E-state index contributed by atoms with van der Waals surface area (Å²) in [5, 5.41) is 17.3. The maximum absolute atomic E-state index is 13.3. The second-order valence-corrected chi connectivity index (χ2v) is 8.22. The van der Waals surface area contributed by atoms with Gasteiger partial charge >= 0.3 is 6.18 Å². The van der Waals surface area contributed by atoms with Gasteiger partial charge in [0.1, 0.15) is 5.69 Å². The van der Waals surface area contributed by atoms with Crippen molar-refractivity contribution < 1.29 is 23.1 Å². The van der Waals surface area contributed by atoms with Gasteiger partial charge in [0.15, 0.2) is 0 Å². The normalized spacial score (nSPS) is 19.3. The molecule has 2 N–H and O–H groups in total. The molecule has 32 heavy (non-hydrogen) atoms. The second-order valence-electron chi connectivity index (χ2n) is 8.22. The minimum atomic E-state index is -4.67. The molecule has 0 saturated heterocycles. The highest BCUT2D eigenvalue weighted by atomic mass is 19.4. The fraction of sp³-hybridized carbons (Fsp3) is 0.435. The molecule has 6 nitrogen and oxygen atoms in total. The van der Waals surface area contributed by atoms with Crippen LogP contribution in [0.5, 0.6) is 0 Å². The van der Waals surface area contributed by atoms with Crippen LogP contribution < -0.4 is 5.32 Å². The molecule has 0 atom stereocenters. The van der Waals surface area contributed by atoms with Crippen LogP contribution in [-0.4, -0.2) is 32.4 Å². The van der Waals surface area contributed by atoms with Gasteiger partial charge in [0.05, 0.1) is 23.3 Å². The number of hydrogen-bond acceptors (Lipinski definition) is 4. The summed E-state index contributed by atoms with van der Waals surface area (Å²) in [6.45, 7) is 2.13. The molecule has 9 heteroatoms. The molecule has 3 aromatic rings. The summed E-state index contributed by atoms with van der Waals surface area (Å²) in [5.41, 5.74) is 0.469. The van der Waals surface area contributed by atoms with Crippen LogP contribution in [0.1, 0.15) is 60.3 Å². The molecule has 2 heterocycles. The highest BCUT2D eigenvalue weighted by Crippen LogP contribution is 2.35.